The number of carbonyl (C=O) groups is 2. The molecule has 1 saturated heterocycles. The van der Waals surface area contributed by atoms with Gasteiger partial charge in [-0.3, -0.25) is 4.79 Å². The van der Waals surface area contributed by atoms with Crippen molar-refractivity contribution in [1.82, 2.24) is 9.62 Å². The molecule has 0 radical (unpaired) electrons. The van der Waals surface area contributed by atoms with Crippen LogP contribution in [-0.2, 0) is 19.6 Å². The Labute approximate surface area is 161 Å². The summed E-state index contributed by atoms with van der Waals surface area (Å²) in [6.07, 6.45) is 2.73. The number of nitrogens with one attached hydrogen (secondary N) is 1. The van der Waals surface area contributed by atoms with Crippen molar-refractivity contribution in [2.24, 2.45) is 0 Å². The summed E-state index contributed by atoms with van der Waals surface area (Å²) in [5, 5.41) is 2.69. The summed E-state index contributed by atoms with van der Waals surface area (Å²) < 4.78 is 32.1. The van der Waals surface area contributed by atoms with Gasteiger partial charge in [-0.2, -0.15) is 4.31 Å². The number of esters is 1. The van der Waals surface area contributed by atoms with Crippen LogP contribution in [0.25, 0.3) is 0 Å². The highest BCUT2D eigenvalue weighted by Crippen LogP contribution is 2.25. The Morgan fingerprint density at radius 3 is 2.37 bits per heavy atom. The number of carbonyl (C=O) groups excluding carboxylic acids is 2. The molecule has 150 valence electrons. The molecule has 1 fully saturated rings. The van der Waals surface area contributed by atoms with Crippen LogP contribution in [0.3, 0.4) is 0 Å². The SMILES string of the molecule is C[C@@H]1CCCCN1S(=O)(=O)c1ccc(C(=O)OCC(=O)NC(C)(C)C)cc1. The molecule has 1 amide bonds. The van der Waals surface area contributed by atoms with Gasteiger partial charge in [0.2, 0.25) is 10.0 Å². The molecule has 1 aliphatic rings. The van der Waals surface area contributed by atoms with E-state index in [9.17, 15) is 18.0 Å². The Kier molecular flexibility index (Phi) is 6.64. The van der Waals surface area contributed by atoms with E-state index in [0.29, 0.717) is 6.54 Å². The maximum Gasteiger partial charge on any atom is 0.338 e. The molecule has 2 rings (SSSR count). The van der Waals surface area contributed by atoms with Gasteiger partial charge < -0.3 is 10.1 Å². The fourth-order valence-electron chi connectivity index (χ4n) is 3.00. The van der Waals surface area contributed by atoms with E-state index in [1.165, 1.54) is 28.6 Å². The zero-order valence-corrected chi connectivity index (χ0v) is 17.1. The first-order valence-electron chi connectivity index (χ1n) is 9.11. The monoisotopic (exact) mass is 396 g/mol. The molecule has 7 nitrogen and oxygen atoms in total. The van der Waals surface area contributed by atoms with Crippen molar-refractivity contribution >= 4 is 21.9 Å². The fourth-order valence-corrected chi connectivity index (χ4v) is 4.70. The van der Waals surface area contributed by atoms with Gasteiger partial charge in [0.1, 0.15) is 0 Å². The van der Waals surface area contributed by atoms with E-state index in [1.807, 2.05) is 27.7 Å². The van der Waals surface area contributed by atoms with E-state index in [2.05, 4.69) is 5.32 Å². The van der Waals surface area contributed by atoms with Gasteiger partial charge >= 0.3 is 5.97 Å². The first-order valence-corrected chi connectivity index (χ1v) is 10.5. The molecule has 1 heterocycles. The van der Waals surface area contributed by atoms with Crippen LogP contribution < -0.4 is 5.32 Å². The molecule has 0 bridgehead atoms. The molecule has 1 aliphatic heterocycles. The Bertz CT molecular complexity index is 781. The quantitative estimate of drug-likeness (QED) is 0.771. The second-order valence-electron chi connectivity index (χ2n) is 7.86. The summed E-state index contributed by atoms with van der Waals surface area (Å²) >= 11 is 0. The highest BCUT2D eigenvalue weighted by atomic mass is 32.2. The second-order valence-corrected chi connectivity index (χ2v) is 9.75. The molecule has 27 heavy (non-hydrogen) atoms. The fraction of sp³-hybridized carbons (Fsp3) is 0.579. The average molecular weight is 397 g/mol. The first kappa shape index (κ1) is 21.4. The number of benzene rings is 1. The molecule has 0 spiro atoms. The Morgan fingerprint density at radius 2 is 1.81 bits per heavy atom. The van der Waals surface area contributed by atoms with E-state index < -0.39 is 27.4 Å². The molecule has 0 aromatic heterocycles. The number of piperidine rings is 1. The van der Waals surface area contributed by atoms with Crippen LogP contribution >= 0.6 is 0 Å². The van der Waals surface area contributed by atoms with Crippen molar-refractivity contribution in [3.63, 3.8) is 0 Å². The van der Waals surface area contributed by atoms with Crippen molar-refractivity contribution in [1.29, 1.82) is 0 Å². The predicted molar refractivity (Wildman–Crippen MR) is 102 cm³/mol. The normalized spacial score (nSPS) is 18.7. The van der Waals surface area contributed by atoms with Crippen LogP contribution in [-0.4, -0.2) is 49.3 Å². The van der Waals surface area contributed by atoms with Gasteiger partial charge in [-0.15, -0.1) is 0 Å². The lowest BCUT2D eigenvalue weighted by Gasteiger charge is -2.32. The van der Waals surface area contributed by atoms with Gasteiger partial charge in [0.25, 0.3) is 5.91 Å². The number of nitrogens with zero attached hydrogens (tertiary/aromatic N) is 1. The Hall–Kier alpha value is -1.93. The maximum absolute atomic E-state index is 12.8. The van der Waals surface area contributed by atoms with Crippen LogP contribution in [0.4, 0.5) is 0 Å². The van der Waals surface area contributed by atoms with Crippen molar-refractivity contribution in [2.45, 2.75) is 63.4 Å². The Morgan fingerprint density at radius 1 is 1.19 bits per heavy atom. The number of ether oxygens (including phenoxy) is 1. The zero-order chi connectivity index (χ0) is 20.2. The largest absolute Gasteiger partial charge is 0.452 e. The number of sulfonamides is 1. The highest BCUT2D eigenvalue weighted by molar-refractivity contribution is 7.89. The molecule has 8 heteroatoms. The van der Waals surface area contributed by atoms with Crippen LogP contribution in [0.2, 0.25) is 0 Å². The number of hydrogen-bond donors (Lipinski definition) is 1. The van der Waals surface area contributed by atoms with Crippen LogP contribution in [0.15, 0.2) is 29.2 Å². The topological polar surface area (TPSA) is 92.8 Å². The van der Waals surface area contributed by atoms with Gasteiger partial charge in [-0.05, 0) is 64.8 Å². The smallest absolute Gasteiger partial charge is 0.338 e. The number of hydrogen-bond acceptors (Lipinski definition) is 5. The number of rotatable bonds is 5. The summed E-state index contributed by atoms with van der Waals surface area (Å²) in [6.45, 7) is 7.52. The molecule has 0 unspecified atom stereocenters. The molecule has 1 N–H and O–H groups in total. The molecule has 0 aliphatic carbocycles. The van der Waals surface area contributed by atoms with Crippen molar-refractivity contribution in [3.8, 4) is 0 Å². The van der Waals surface area contributed by atoms with Gasteiger partial charge in [0.15, 0.2) is 6.61 Å². The maximum atomic E-state index is 12.8. The third-order valence-electron chi connectivity index (χ3n) is 4.29. The summed E-state index contributed by atoms with van der Waals surface area (Å²) in [5.41, 5.74) is -0.213. The number of amides is 1. The van der Waals surface area contributed by atoms with Gasteiger partial charge in [0, 0.05) is 18.1 Å². The Balaban J connectivity index is 2.02. The molecule has 1 aromatic carbocycles. The second kappa shape index (κ2) is 8.39. The zero-order valence-electron chi connectivity index (χ0n) is 16.3. The van der Waals surface area contributed by atoms with E-state index in [4.69, 9.17) is 4.74 Å². The highest BCUT2D eigenvalue weighted by Gasteiger charge is 2.31. The lowest BCUT2D eigenvalue weighted by atomic mass is 10.1. The lowest BCUT2D eigenvalue weighted by Crippen LogP contribution is -2.42. The predicted octanol–water partition coefficient (Wildman–Crippen LogP) is 2.32. The molecular weight excluding hydrogens is 368 g/mol. The van der Waals surface area contributed by atoms with E-state index in [0.717, 1.165) is 19.3 Å². The minimum Gasteiger partial charge on any atom is -0.452 e. The lowest BCUT2D eigenvalue weighted by molar-refractivity contribution is -0.125. The van der Waals surface area contributed by atoms with Crippen molar-refractivity contribution in [3.05, 3.63) is 29.8 Å². The van der Waals surface area contributed by atoms with Gasteiger partial charge in [0.05, 0.1) is 10.5 Å². The molecule has 1 aromatic rings. The van der Waals surface area contributed by atoms with E-state index in [1.54, 1.807) is 0 Å². The van der Waals surface area contributed by atoms with Crippen LogP contribution in [0.1, 0.15) is 57.3 Å². The first-order chi connectivity index (χ1) is 12.5. The van der Waals surface area contributed by atoms with Crippen LogP contribution in [0, 0.1) is 0 Å². The third-order valence-corrected chi connectivity index (χ3v) is 6.32. The summed E-state index contributed by atoms with van der Waals surface area (Å²) in [6, 6.07) is 5.59. The third kappa shape index (κ3) is 5.77. The van der Waals surface area contributed by atoms with Crippen molar-refractivity contribution in [2.75, 3.05) is 13.2 Å². The minimum absolute atomic E-state index is 0.0327. The van der Waals surface area contributed by atoms with Crippen LogP contribution in [0.5, 0.6) is 0 Å². The van der Waals surface area contributed by atoms with Crippen molar-refractivity contribution < 1.29 is 22.7 Å². The molecular formula is C19H28N2O5S. The molecule has 1 atom stereocenters. The van der Waals surface area contributed by atoms with Gasteiger partial charge in [-0.1, -0.05) is 6.42 Å². The minimum atomic E-state index is -3.58. The summed E-state index contributed by atoms with van der Waals surface area (Å²) in [4.78, 5) is 23.9. The standard InChI is InChI=1S/C19H28N2O5S/c1-14-7-5-6-12-21(14)27(24,25)16-10-8-15(9-11-16)18(23)26-13-17(22)20-19(2,3)4/h8-11,14H,5-7,12-13H2,1-4H3,(H,20,22)/t14-/m1/s1. The van der Waals surface area contributed by atoms with E-state index in [-0.39, 0.29) is 23.1 Å². The summed E-state index contributed by atoms with van der Waals surface area (Å²) in [7, 11) is -3.58. The average Bonchev–Trinajstić information content (AvgIpc) is 2.58. The molecule has 0 saturated carbocycles. The summed E-state index contributed by atoms with van der Waals surface area (Å²) in [5.74, 6) is -1.07. The van der Waals surface area contributed by atoms with E-state index >= 15 is 0 Å². The van der Waals surface area contributed by atoms with Gasteiger partial charge in [-0.25, -0.2) is 13.2 Å².